The molecule has 53 valence electrons. The minimum absolute atomic E-state index is 0.618. The van der Waals surface area contributed by atoms with Crippen LogP contribution >= 0.6 is 0 Å². The number of hydrogen-bond donors (Lipinski definition) is 0. The van der Waals surface area contributed by atoms with Gasteiger partial charge in [-0.2, -0.15) is 0 Å². The lowest BCUT2D eigenvalue weighted by molar-refractivity contribution is -0.0709. The predicted molar refractivity (Wildman–Crippen MR) is 33.7 cm³/mol. The molecular weight excluding hydrogens is 118 g/mol. The molecule has 3 heteroatoms. The van der Waals surface area contributed by atoms with Crippen molar-refractivity contribution < 1.29 is 9.47 Å². The van der Waals surface area contributed by atoms with Gasteiger partial charge in [0.2, 0.25) is 0 Å². The van der Waals surface area contributed by atoms with Gasteiger partial charge in [0.1, 0.15) is 0 Å². The monoisotopic (exact) mass is 130 g/mol. The summed E-state index contributed by atoms with van der Waals surface area (Å²) in [6, 6.07) is 0. The average Bonchev–Trinajstić information content (AvgIpc) is 1.90. The van der Waals surface area contributed by atoms with E-state index in [1.54, 1.807) is 0 Å². The van der Waals surface area contributed by atoms with E-state index in [4.69, 9.17) is 9.47 Å². The van der Waals surface area contributed by atoms with Crippen LogP contribution in [0.5, 0.6) is 0 Å². The van der Waals surface area contributed by atoms with Gasteiger partial charge in [-0.3, -0.25) is 4.90 Å². The Labute approximate surface area is 55.5 Å². The van der Waals surface area contributed by atoms with E-state index < -0.39 is 0 Å². The van der Waals surface area contributed by atoms with Crippen LogP contribution in [-0.2, 0) is 9.47 Å². The molecule has 9 heavy (non-hydrogen) atoms. The lowest BCUT2D eigenvalue weighted by atomic mass is 10.5. The molecule has 1 radical (unpaired) electrons. The fraction of sp³-hybridized carbons (Fsp3) is 0.833. The quantitative estimate of drug-likeness (QED) is 0.502. The first-order valence-electron chi connectivity index (χ1n) is 3.04. The maximum atomic E-state index is 5.26. The zero-order valence-corrected chi connectivity index (χ0v) is 5.89. The number of nitrogens with zero attached hydrogens (tertiary/aromatic N) is 1. The smallest absolute Gasteiger partial charge is 0.190 e. The van der Waals surface area contributed by atoms with Gasteiger partial charge in [0.15, 0.2) is 6.23 Å². The topological polar surface area (TPSA) is 21.7 Å². The van der Waals surface area contributed by atoms with Crippen LogP contribution in [0.25, 0.3) is 0 Å². The molecule has 0 aromatic rings. The largest absolute Gasteiger partial charge is 0.374 e. The van der Waals surface area contributed by atoms with E-state index in [2.05, 4.69) is 0 Å². The summed E-state index contributed by atoms with van der Waals surface area (Å²) in [5.41, 5.74) is 0. The molecule has 3 nitrogen and oxygen atoms in total. The molecule has 0 aromatic carbocycles. The fourth-order valence-corrected chi connectivity index (χ4v) is 0.678. The van der Waals surface area contributed by atoms with E-state index in [1.165, 1.54) is 0 Å². The summed E-state index contributed by atoms with van der Waals surface area (Å²) in [6.07, 6.45) is 0.918. The van der Waals surface area contributed by atoms with Gasteiger partial charge < -0.3 is 9.47 Å². The van der Waals surface area contributed by atoms with Gasteiger partial charge in [-0.05, 0) is 14.1 Å². The SMILES string of the molecule is CN(C)[C]1COCCO1. The average molecular weight is 130 g/mol. The van der Waals surface area contributed by atoms with Gasteiger partial charge in [0.25, 0.3) is 0 Å². The normalized spacial score (nSPS) is 23.0. The summed E-state index contributed by atoms with van der Waals surface area (Å²) < 4.78 is 10.4. The molecule has 0 aromatic heterocycles. The molecule has 1 aliphatic rings. The van der Waals surface area contributed by atoms with E-state index in [1.807, 2.05) is 19.0 Å². The minimum Gasteiger partial charge on any atom is -0.374 e. The Hall–Kier alpha value is -0.120. The Balaban J connectivity index is 2.23. The Morgan fingerprint density at radius 1 is 1.33 bits per heavy atom. The van der Waals surface area contributed by atoms with Crippen molar-refractivity contribution in [3.05, 3.63) is 6.23 Å². The maximum absolute atomic E-state index is 5.26. The molecule has 0 bridgehead atoms. The Morgan fingerprint density at radius 3 is 2.44 bits per heavy atom. The van der Waals surface area contributed by atoms with Gasteiger partial charge >= 0.3 is 0 Å². The summed E-state index contributed by atoms with van der Waals surface area (Å²) >= 11 is 0. The molecule has 1 rings (SSSR count). The van der Waals surface area contributed by atoms with Gasteiger partial charge in [0.05, 0.1) is 19.8 Å². The van der Waals surface area contributed by atoms with Crippen LogP contribution in [-0.4, -0.2) is 38.8 Å². The lowest BCUT2D eigenvalue weighted by Crippen LogP contribution is -2.32. The van der Waals surface area contributed by atoms with Crippen molar-refractivity contribution in [2.45, 2.75) is 0 Å². The molecule has 0 amide bonds. The summed E-state index contributed by atoms with van der Waals surface area (Å²) in [4.78, 5) is 1.93. The second-order valence-electron chi connectivity index (χ2n) is 2.19. The second-order valence-corrected chi connectivity index (χ2v) is 2.19. The molecule has 0 unspecified atom stereocenters. The molecule has 0 aliphatic carbocycles. The van der Waals surface area contributed by atoms with Crippen molar-refractivity contribution >= 4 is 0 Å². The van der Waals surface area contributed by atoms with Crippen molar-refractivity contribution in [3.63, 3.8) is 0 Å². The van der Waals surface area contributed by atoms with Crippen molar-refractivity contribution in [2.75, 3.05) is 33.9 Å². The van der Waals surface area contributed by atoms with Crippen LogP contribution in [0.1, 0.15) is 0 Å². The van der Waals surface area contributed by atoms with E-state index in [0.717, 1.165) is 12.8 Å². The Kier molecular flexibility index (Phi) is 2.45. The highest BCUT2D eigenvalue weighted by atomic mass is 16.6. The third-order valence-corrected chi connectivity index (χ3v) is 1.22. The lowest BCUT2D eigenvalue weighted by Gasteiger charge is -2.26. The van der Waals surface area contributed by atoms with Crippen LogP contribution in [0.4, 0.5) is 0 Å². The number of ether oxygens (including phenoxy) is 2. The van der Waals surface area contributed by atoms with E-state index in [-0.39, 0.29) is 0 Å². The number of hydrogen-bond acceptors (Lipinski definition) is 3. The van der Waals surface area contributed by atoms with Crippen molar-refractivity contribution in [1.82, 2.24) is 4.90 Å². The van der Waals surface area contributed by atoms with Crippen molar-refractivity contribution in [2.24, 2.45) is 0 Å². The summed E-state index contributed by atoms with van der Waals surface area (Å²) in [5.74, 6) is 0. The van der Waals surface area contributed by atoms with Crippen LogP contribution in [0.3, 0.4) is 0 Å². The Bertz CT molecular complexity index is 79.1. The molecule has 0 saturated carbocycles. The van der Waals surface area contributed by atoms with Gasteiger partial charge in [-0.1, -0.05) is 0 Å². The molecular formula is C6H12NO2. The van der Waals surface area contributed by atoms with Crippen LogP contribution < -0.4 is 0 Å². The maximum Gasteiger partial charge on any atom is 0.190 e. The zero-order valence-electron chi connectivity index (χ0n) is 5.89. The number of likely N-dealkylation sites (N-methyl/N-ethyl adjacent to an activating group) is 1. The third-order valence-electron chi connectivity index (χ3n) is 1.22. The standard InChI is InChI=1S/C6H12NO2/c1-7(2)6-5-8-3-4-9-6/h3-5H2,1-2H3. The van der Waals surface area contributed by atoms with Gasteiger partial charge in [-0.25, -0.2) is 0 Å². The molecule has 0 spiro atoms. The fourth-order valence-electron chi connectivity index (χ4n) is 0.678. The minimum atomic E-state index is 0.618. The van der Waals surface area contributed by atoms with Crippen LogP contribution in [0, 0.1) is 6.23 Å². The first-order chi connectivity index (χ1) is 4.30. The van der Waals surface area contributed by atoms with Crippen LogP contribution in [0.15, 0.2) is 0 Å². The van der Waals surface area contributed by atoms with Crippen molar-refractivity contribution in [3.8, 4) is 0 Å². The van der Waals surface area contributed by atoms with Gasteiger partial charge in [0, 0.05) is 0 Å². The summed E-state index contributed by atoms with van der Waals surface area (Å²) in [7, 11) is 3.90. The molecule has 0 N–H and O–H groups in total. The summed E-state index contributed by atoms with van der Waals surface area (Å²) in [6.45, 7) is 2.03. The van der Waals surface area contributed by atoms with Gasteiger partial charge in [-0.15, -0.1) is 0 Å². The second kappa shape index (κ2) is 3.15. The predicted octanol–water partition coefficient (Wildman–Crippen LogP) is 0.0843. The first-order valence-corrected chi connectivity index (χ1v) is 3.04. The third kappa shape index (κ3) is 1.93. The highest BCUT2D eigenvalue weighted by molar-refractivity contribution is 4.76. The molecule has 1 fully saturated rings. The zero-order chi connectivity index (χ0) is 6.69. The first kappa shape index (κ1) is 6.99. The van der Waals surface area contributed by atoms with Crippen LogP contribution in [0.2, 0.25) is 0 Å². The van der Waals surface area contributed by atoms with Crippen molar-refractivity contribution in [1.29, 1.82) is 0 Å². The molecule has 1 saturated heterocycles. The number of rotatable bonds is 1. The van der Waals surface area contributed by atoms with E-state index in [0.29, 0.717) is 13.2 Å². The Morgan fingerprint density at radius 2 is 2.11 bits per heavy atom. The highest BCUT2D eigenvalue weighted by Gasteiger charge is 2.16. The molecule has 1 heterocycles. The summed E-state index contributed by atoms with van der Waals surface area (Å²) in [5, 5.41) is 0. The molecule has 0 atom stereocenters. The van der Waals surface area contributed by atoms with E-state index >= 15 is 0 Å². The highest BCUT2D eigenvalue weighted by Crippen LogP contribution is 2.09. The van der Waals surface area contributed by atoms with E-state index in [9.17, 15) is 0 Å². The molecule has 1 aliphatic heterocycles.